The van der Waals surface area contributed by atoms with Crippen molar-refractivity contribution in [1.29, 1.82) is 0 Å². The summed E-state index contributed by atoms with van der Waals surface area (Å²) in [7, 11) is 1.60. The van der Waals surface area contributed by atoms with Gasteiger partial charge >= 0.3 is 0 Å². The molecule has 5 nitrogen and oxygen atoms in total. The first-order valence-corrected chi connectivity index (χ1v) is 10.6. The van der Waals surface area contributed by atoms with Gasteiger partial charge in [0.15, 0.2) is 0 Å². The third-order valence-electron chi connectivity index (χ3n) is 5.53. The summed E-state index contributed by atoms with van der Waals surface area (Å²) in [6, 6.07) is 15.5. The summed E-state index contributed by atoms with van der Waals surface area (Å²) in [4.78, 5) is 26.4. The molecule has 2 N–H and O–H groups in total. The highest BCUT2D eigenvalue weighted by Crippen LogP contribution is 2.19. The van der Waals surface area contributed by atoms with E-state index in [4.69, 9.17) is 0 Å². The summed E-state index contributed by atoms with van der Waals surface area (Å²) in [5, 5.41) is 5.58. The topological polar surface area (TPSA) is 61.4 Å². The number of hydrogen-bond donors (Lipinski definition) is 2. The van der Waals surface area contributed by atoms with Gasteiger partial charge in [-0.15, -0.1) is 0 Å². The van der Waals surface area contributed by atoms with Crippen LogP contribution in [0, 0.1) is 5.92 Å². The number of amides is 2. The predicted molar refractivity (Wildman–Crippen MR) is 121 cm³/mol. The van der Waals surface area contributed by atoms with Gasteiger partial charge in [0.25, 0.3) is 5.91 Å². The van der Waals surface area contributed by atoms with Gasteiger partial charge in [0, 0.05) is 38.3 Å². The number of hydrogen-bond acceptors (Lipinski definition) is 3. The highest BCUT2D eigenvalue weighted by atomic mass is 16.2. The summed E-state index contributed by atoms with van der Waals surface area (Å²) in [5.74, 6) is 0.494. The first-order valence-electron chi connectivity index (χ1n) is 10.6. The normalized spacial score (nSPS) is 17.1. The molecule has 0 saturated carbocycles. The zero-order valence-electron chi connectivity index (χ0n) is 17.9. The lowest BCUT2D eigenvalue weighted by atomic mass is 9.99. The van der Waals surface area contributed by atoms with E-state index in [1.165, 1.54) is 24.5 Å². The third kappa shape index (κ3) is 6.29. The van der Waals surface area contributed by atoms with Gasteiger partial charge in [-0.05, 0) is 60.2 Å². The molecule has 5 heteroatoms. The van der Waals surface area contributed by atoms with Crippen molar-refractivity contribution < 1.29 is 9.59 Å². The molecule has 1 heterocycles. The second-order valence-electron chi connectivity index (χ2n) is 8.00. The van der Waals surface area contributed by atoms with E-state index >= 15 is 0 Å². The summed E-state index contributed by atoms with van der Waals surface area (Å²) < 4.78 is 0. The van der Waals surface area contributed by atoms with Gasteiger partial charge < -0.3 is 10.6 Å². The molecule has 1 unspecified atom stereocenters. The number of benzene rings is 2. The molecule has 0 spiro atoms. The van der Waals surface area contributed by atoms with Crippen molar-refractivity contribution in [2.75, 3.05) is 20.1 Å². The van der Waals surface area contributed by atoms with E-state index in [0.717, 1.165) is 36.7 Å². The van der Waals surface area contributed by atoms with Crippen LogP contribution < -0.4 is 10.6 Å². The first kappa shape index (κ1) is 21.8. The van der Waals surface area contributed by atoms with Crippen LogP contribution in [-0.2, 0) is 17.9 Å². The van der Waals surface area contributed by atoms with Crippen molar-refractivity contribution in [2.45, 2.75) is 32.9 Å². The highest BCUT2D eigenvalue weighted by molar-refractivity contribution is 5.94. The third-order valence-corrected chi connectivity index (χ3v) is 5.53. The molecule has 0 aromatic heterocycles. The molecule has 1 aliphatic heterocycles. The highest BCUT2D eigenvalue weighted by Gasteiger charge is 2.17. The Morgan fingerprint density at radius 3 is 2.53 bits per heavy atom. The second-order valence-corrected chi connectivity index (χ2v) is 8.00. The molecule has 0 aliphatic carbocycles. The van der Waals surface area contributed by atoms with Crippen molar-refractivity contribution in [3.63, 3.8) is 0 Å². The monoisotopic (exact) mass is 405 g/mol. The zero-order chi connectivity index (χ0) is 21.3. The SMILES string of the molecule is CNC(=O)c1ccc(/C=C/C(=O)NCc2ccccc2CN2CCCC(C)C2)cc1. The summed E-state index contributed by atoms with van der Waals surface area (Å²) in [5.41, 5.74) is 3.91. The number of carbonyl (C=O) groups excluding carboxylic acids is 2. The number of carbonyl (C=O) groups is 2. The largest absolute Gasteiger partial charge is 0.355 e. The molecule has 0 radical (unpaired) electrons. The van der Waals surface area contributed by atoms with Crippen LogP contribution in [-0.4, -0.2) is 36.9 Å². The van der Waals surface area contributed by atoms with Gasteiger partial charge in [0.1, 0.15) is 0 Å². The van der Waals surface area contributed by atoms with E-state index in [0.29, 0.717) is 12.1 Å². The Kier molecular flexibility index (Phi) is 7.80. The van der Waals surface area contributed by atoms with Crippen LogP contribution >= 0.6 is 0 Å². The molecule has 2 aromatic rings. The number of nitrogens with one attached hydrogen (secondary N) is 2. The van der Waals surface area contributed by atoms with Crippen molar-refractivity contribution >= 4 is 17.9 Å². The average Bonchev–Trinajstić information content (AvgIpc) is 2.77. The Labute approximate surface area is 179 Å². The molecule has 1 saturated heterocycles. The van der Waals surface area contributed by atoms with Crippen molar-refractivity contribution in [1.82, 2.24) is 15.5 Å². The standard InChI is InChI=1S/C25H31N3O2/c1-19-6-5-15-28(17-19)18-23-8-4-3-7-22(23)16-27-24(29)14-11-20-9-12-21(13-10-20)25(30)26-2/h3-4,7-14,19H,5-6,15-18H2,1-2H3,(H,26,30)(H,27,29)/b14-11+. The molecular formula is C25H31N3O2. The average molecular weight is 406 g/mol. The van der Waals surface area contributed by atoms with Crippen molar-refractivity contribution in [3.8, 4) is 0 Å². The Morgan fingerprint density at radius 2 is 1.83 bits per heavy atom. The second kappa shape index (κ2) is 10.7. The summed E-state index contributed by atoms with van der Waals surface area (Å²) in [6.45, 7) is 6.05. The van der Waals surface area contributed by atoms with Crippen LogP contribution in [0.2, 0.25) is 0 Å². The molecule has 0 bridgehead atoms. The number of rotatable bonds is 7. The van der Waals surface area contributed by atoms with Gasteiger partial charge in [0.2, 0.25) is 5.91 Å². The lowest BCUT2D eigenvalue weighted by Gasteiger charge is -2.31. The van der Waals surface area contributed by atoms with Crippen molar-refractivity contribution in [2.24, 2.45) is 5.92 Å². The van der Waals surface area contributed by atoms with Crippen LogP contribution in [0.5, 0.6) is 0 Å². The molecule has 2 aromatic carbocycles. The lowest BCUT2D eigenvalue weighted by Crippen LogP contribution is -2.34. The van der Waals surface area contributed by atoms with E-state index < -0.39 is 0 Å². The first-order chi connectivity index (χ1) is 14.5. The van der Waals surface area contributed by atoms with Gasteiger partial charge in [0.05, 0.1) is 0 Å². The van der Waals surface area contributed by atoms with Gasteiger partial charge in [-0.2, -0.15) is 0 Å². The predicted octanol–water partition coefficient (Wildman–Crippen LogP) is 3.61. The molecule has 1 atom stereocenters. The fourth-order valence-corrected chi connectivity index (χ4v) is 3.86. The van der Waals surface area contributed by atoms with E-state index in [1.54, 1.807) is 25.3 Å². The molecule has 1 fully saturated rings. The van der Waals surface area contributed by atoms with Gasteiger partial charge in [-0.25, -0.2) is 0 Å². The maximum atomic E-state index is 12.3. The molecular weight excluding hydrogens is 374 g/mol. The quantitative estimate of drug-likeness (QED) is 0.692. The summed E-state index contributed by atoms with van der Waals surface area (Å²) in [6.07, 6.45) is 5.86. The molecule has 2 amide bonds. The fourth-order valence-electron chi connectivity index (χ4n) is 3.86. The molecule has 158 valence electrons. The Morgan fingerprint density at radius 1 is 1.10 bits per heavy atom. The minimum Gasteiger partial charge on any atom is -0.355 e. The minimum atomic E-state index is -0.133. The van der Waals surface area contributed by atoms with Gasteiger partial charge in [-0.3, -0.25) is 14.5 Å². The summed E-state index contributed by atoms with van der Waals surface area (Å²) >= 11 is 0. The van der Waals surface area contributed by atoms with E-state index in [9.17, 15) is 9.59 Å². The van der Waals surface area contributed by atoms with Crippen LogP contribution in [0.15, 0.2) is 54.6 Å². The maximum Gasteiger partial charge on any atom is 0.251 e. The minimum absolute atomic E-state index is 0.124. The Bertz CT molecular complexity index is 890. The maximum absolute atomic E-state index is 12.3. The van der Waals surface area contributed by atoms with Crippen LogP contribution in [0.3, 0.4) is 0 Å². The van der Waals surface area contributed by atoms with E-state index in [1.807, 2.05) is 18.2 Å². The lowest BCUT2D eigenvalue weighted by molar-refractivity contribution is -0.116. The smallest absolute Gasteiger partial charge is 0.251 e. The number of likely N-dealkylation sites (tertiary alicyclic amines) is 1. The van der Waals surface area contributed by atoms with Crippen LogP contribution in [0.25, 0.3) is 6.08 Å². The molecule has 30 heavy (non-hydrogen) atoms. The Balaban J connectivity index is 1.54. The molecule has 3 rings (SSSR count). The zero-order valence-corrected chi connectivity index (χ0v) is 17.9. The van der Waals surface area contributed by atoms with E-state index in [-0.39, 0.29) is 11.8 Å². The number of nitrogens with zero attached hydrogens (tertiary/aromatic N) is 1. The number of piperidine rings is 1. The van der Waals surface area contributed by atoms with Gasteiger partial charge in [-0.1, -0.05) is 43.3 Å². The van der Waals surface area contributed by atoms with E-state index in [2.05, 4.69) is 40.7 Å². The fraction of sp³-hybridized carbons (Fsp3) is 0.360. The Hall–Kier alpha value is -2.92. The molecule has 1 aliphatic rings. The van der Waals surface area contributed by atoms with Crippen LogP contribution in [0.4, 0.5) is 0 Å². The van der Waals surface area contributed by atoms with Crippen LogP contribution in [0.1, 0.15) is 46.8 Å². The van der Waals surface area contributed by atoms with Crippen molar-refractivity contribution in [3.05, 3.63) is 76.9 Å².